The van der Waals surface area contributed by atoms with Crippen LogP contribution in [0, 0.1) is 0 Å². The third-order valence-corrected chi connectivity index (χ3v) is 6.46. The summed E-state index contributed by atoms with van der Waals surface area (Å²) in [5.74, 6) is -7.35. The Morgan fingerprint density at radius 1 is 1.02 bits per heavy atom. The van der Waals surface area contributed by atoms with Gasteiger partial charge in [-0.1, -0.05) is 0 Å². The van der Waals surface area contributed by atoms with Crippen LogP contribution in [0.3, 0.4) is 0 Å². The SMILES string of the molecule is COC(=O)C[C@H]1C(=O)N(OC(=O)COC(=O)C(F)(F)F)CCN1C(=O)C(N)CC(=O)N1CCN(c2ccncc2)CC1. The van der Waals surface area contributed by atoms with Gasteiger partial charge in [-0.2, -0.15) is 18.2 Å². The molecule has 0 aromatic carbocycles. The average Bonchev–Trinajstić information content (AvgIpc) is 2.97. The van der Waals surface area contributed by atoms with Gasteiger partial charge < -0.3 is 34.7 Å². The predicted octanol–water partition coefficient (Wildman–Crippen LogP) is -1.39. The highest BCUT2D eigenvalue weighted by Gasteiger charge is 2.44. The van der Waals surface area contributed by atoms with E-state index in [1.54, 1.807) is 17.3 Å². The fourth-order valence-electron chi connectivity index (χ4n) is 4.30. The van der Waals surface area contributed by atoms with Gasteiger partial charge in [0, 0.05) is 50.8 Å². The van der Waals surface area contributed by atoms with Gasteiger partial charge in [0.1, 0.15) is 6.04 Å². The summed E-state index contributed by atoms with van der Waals surface area (Å²) in [6.45, 7) is -0.347. The molecule has 230 valence electrons. The minimum absolute atomic E-state index is 0.311. The number of nitrogens with two attached hydrogens (primary N) is 1. The number of pyridine rings is 1. The number of hydrogen-bond acceptors (Lipinski definition) is 12. The molecule has 2 aliphatic rings. The van der Waals surface area contributed by atoms with Crippen molar-refractivity contribution in [1.29, 1.82) is 0 Å². The van der Waals surface area contributed by atoms with Gasteiger partial charge in [-0.3, -0.25) is 24.2 Å². The van der Waals surface area contributed by atoms with Crippen molar-refractivity contribution in [3.63, 3.8) is 0 Å². The molecule has 3 amide bonds. The number of aromatic nitrogens is 1. The lowest BCUT2D eigenvalue weighted by Gasteiger charge is -2.40. The number of carbonyl (C=O) groups excluding carboxylic acids is 6. The number of amides is 3. The van der Waals surface area contributed by atoms with Crippen molar-refractivity contribution in [3.05, 3.63) is 24.5 Å². The van der Waals surface area contributed by atoms with E-state index < -0.39 is 67.6 Å². The van der Waals surface area contributed by atoms with Crippen molar-refractivity contribution in [2.45, 2.75) is 31.1 Å². The zero-order valence-corrected chi connectivity index (χ0v) is 22.4. The van der Waals surface area contributed by atoms with E-state index in [-0.39, 0.29) is 18.9 Å². The Labute approximate surface area is 237 Å². The molecule has 2 fully saturated rings. The molecule has 2 aliphatic heterocycles. The standard InChI is InChI=1S/C24H29F3N6O9/c1-40-19(35)13-17-22(38)33(42-20(36)14-41-23(39)24(25,26)27)11-10-32(17)21(37)16(28)12-18(34)31-8-6-30(7-9-31)15-2-4-29-5-3-15/h2-5,16-17H,6-14,28H2,1H3/t16?,17-/m0/s1. The second-order valence-corrected chi connectivity index (χ2v) is 9.19. The molecule has 0 aliphatic carbocycles. The Morgan fingerprint density at radius 2 is 1.67 bits per heavy atom. The molecule has 0 spiro atoms. The average molecular weight is 603 g/mol. The van der Waals surface area contributed by atoms with Crippen LogP contribution in [0.4, 0.5) is 18.9 Å². The minimum atomic E-state index is -5.34. The van der Waals surface area contributed by atoms with Crippen molar-refractivity contribution in [1.82, 2.24) is 19.8 Å². The normalized spacial score (nSPS) is 18.3. The molecule has 0 bridgehead atoms. The van der Waals surface area contributed by atoms with Gasteiger partial charge in [0.25, 0.3) is 5.91 Å². The number of esters is 2. The number of alkyl halides is 3. The Kier molecular flexibility index (Phi) is 10.6. The highest BCUT2D eigenvalue weighted by atomic mass is 19.4. The Balaban J connectivity index is 1.58. The van der Waals surface area contributed by atoms with Crippen LogP contribution in [0.15, 0.2) is 24.5 Å². The Bertz CT molecular complexity index is 1180. The summed E-state index contributed by atoms with van der Waals surface area (Å²) in [7, 11) is 1.04. The second kappa shape index (κ2) is 13.9. The second-order valence-electron chi connectivity index (χ2n) is 9.19. The van der Waals surface area contributed by atoms with Crippen molar-refractivity contribution in [2.24, 2.45) is 5.73 Å². The number of piperazine rings is 2. The molecule has 0 radical (unpaired) electrons. The maximum atomic E-state index is 13.2. The van der Waals surface area contributed by atoms with Gasteiger partial charge >= 0.3 is 24.1 Å². The summed E-state index contributed by atoms with van der Waals surface area (Å²) in [6, 6.07) is 0.761. The molecule has 2 N–H and O–H groups in total. The van der Waals surface area contributed by atoms with Gasteiger partial charge in [-0.15, -0.1) is 0 Å². The number of anilines is 1. The maximum absolute atomic E-state index is 13.2. The third kappa shape index (κ3) is 8.27. The first-order valence-corrected chi connectivity index (χ1v) is 12.6. The summed E-state index contributed by atoms with van der Waals surface area (Å²) >= 11 is 0. The summed E-state index contributed by atoms with van der Waals surface area (Å²) < 4.78 is 45.2. The van der Waals surface area contributed by atoms with E-state index in [0.717, 1.165) is 17.7 Å². The number of ether oxygens (including phenoxy) is 2. The highest BCUT2D eigenvalue weighted by Crippen LogP contribution is 2.20. The molecule has 2 saturated heterocycles. The maximum Gasteiger partial charge on any atom is 0.490 e. The predicted molar refractivity (Wildman–Crippen MR) is 133 cm³/mol. The molecule has 0 saturated carbocycles. The smallest absolute Gasteiger partial charge is 0.469 e. The monoisotopic (exact) mass is 602 g/mol. The van der Waals surface area contributed by atoms with Crippen molar-refractivity contribution in [3.8, 4) is 0 Å². The summed E-state index contributed by atoms with van der Waals surface area (Å²) in [5.41, 5.74) is 7.00. The molecule has 42 heavy (non-hydrogen) atoms. The van der Waals surface area contributed by atoms with Gasteiger partial charge in [0.2, 0.25) is 11.8 Å². The number of halogens is 3. The zero-order chi connectivity index (χ0) is 31.0. The molecule has 15 nitrogen and oxygen atoms in total. The van der Waals surface area contributed by atoms with Gasteiger partial charge in [0.05, 0.1) is 32.5 Å². The Morgan fingerprint density at radius 3 is 2.26 bits per heavy atom. The first-order valence-electron chi connectivity index (χ1n) is 12.6. The highest BCUT2D eigenvalue weighted by molar-refractivity contribution is 5.95. The lowest BCUT2D eigenvalue weighted by molar-refractivity contribution is -0.218. The zero-order valence-electron chi connectivity index (χ0n) is 22.4. The van der Waals surface area contributed by atoms with Crippen LogP contribution in [0.25, 0.3) is 0 Å². The first kappa shape index (κ1) is 32.0. The number of hydroxylamine groups is 2. The molecular weight excluding hydrogens is 573 g/mol. The lowest BCUT2D eigenvalue weighted by atomic mass is 10.1. The molecular formula is C24H29F3N6O9. The number of hydrogen-bond donors (Lipinski definition) is 1. The summed E-state index contributed by atoms with van der Waals surface area (Å²) in [4.78, 5) is 87.0. The summed E-state index contributed by atoms with van der Waals surface area (Å²) in [5, 5.41) is 0.431. The molecule has 1 aromatic rings. The lowest BCUT2D eigenvalue weighted by Crippen LogP contribution is -2.62. The van der Waals surface area contributed by atoms with E-state index >= 15 is 0 Å². The van der Waals surface area contributed by atoms with E-state index in [0.29, 0.717) is 31.2 Å². The Hall–Kier alpha value is -4.48. The fourth-order valence-corrected chi connectivity index (χ4v) is 4.30. The van der Waals surface area contributed by atoms with Crippen LogP contribution in [0.2, 0.25) is 0 Å². The van der Waals surface area contributed by atoms with E-state index in [9.17, 15) is 41.9 Å². The number of carbonyl (C=O) groups is 6. The van der Waals surface area contributed by atoms with Gasteiger partial charge in [-0.25, -0.2) is 9.59 Å². The largest absolute Gasteiger partial charge is 0.490 e. The van der Waals surface area contributed by atoms with E-state index in [1.807, 2.05) is 12.1 Å². The number of nitrogens with zero attached hydrogens (tertiary/aromatic N) is 5. The van der Waals surface area contributed by atoms with E-state index in [1.165, 1.54) is 0 Å². The molecule has 2 atom stereocenters. The fraction of sp³-hybridized carbons (Fsp3) is 0.542. The van der Waals surface area contributed by atoms with Crippen LogP contribution in [0.1, 0.15) is 12.8 Å². The molecule has 3 heterocycles. The van der Waals surface area contributed by atoms with Crippen LogP contribution < -0.4 is 10.6 Å². The van der Waals surface area contributed by atoms with E-state index in [2.05, 4.69) is 19.4 Å². The quantitative estimate of drug-likeness (QED) is 0.328. The molecule has 1 unspecified atom stereocenters. The molecule has 1 aromatic heterocycles. The van der Waals surface area contributed by atoms with Crippen LogP contribution in [-0.2, 0) is 43.1 Å². The molecule has 3 rings (SSSR count). The van der Waals surface area contributed by atoms with Crippen LogP contribution in [0.5, 0.6) is 0 Å². The number of methoxy groups -OCH3 is 1. The summed E-state index contributed by atoms with van der Waals surface area (Å²) in [6.07, 6.45) is -3.07. The van der Waals surface area contributed by atoms with Crippen LogP contribution in [-0.4, -0.2) is 127 Å². The topological polar surface area (TPSA) is 182 Å². The number of rotatable bonds is 9. The van der Waals surface area contributed by atoms with Gasteiger partial charge in [0.15, 0.2) is 6.61 Å². The van der Waals surface area contributed by atoms with Gasteiger partial charge in [-0.05, 0) is 12.1 Å². The first-order chi connectivity index (χ1) is 19.8. The van der Waals surface area contributed by atoms with Crippen molar-refractivity contribution >= 4 is 41.3 Å². The minimum Gasteiger partial charge on any atom is -0.469 e. The van der Waals surface area contributed by atoms with E-state index in [4.69, 9.17) is 10.6 Å². The van der Waals surface area contributed by atoms with Crippen molar-refractivity contribution < 1.29 is 56.2 Å². The third-order valence-electron chi connectivity index (χ3n) is 6.46. The van der Waals surface area contributed by atoms with Crippen LogP contribution >= 0.6 is 0 Å². The van der Waals surface area contributed by atoms with Crippen molar-refractivity contribution in [2.75, 3.05) is 57.9 Å². The molecule has 18 heteroatoms.